The third kappa shape index (κ3) is 3.30. The summed E-state index contributed by atoms with van der Waals surface area (Å²) in [4.78, 5) is 3.85. The van der Waals surface area contributed by atoms with Gasteiger partial charge in [0.2, 0.25) is 0 Å². The van der Waals surface area contributed by atoms with Crippen LogP contribution >= 0.6 is 0 Å². The van der Waals surface area contributed by atoms with E-state index in [2.05, 4.69) is 41.3 Å². The van der Waals surface area contributed by atoms with E-state index in [1.54, 1.807) is 0 Å². The first kappa shape index (κ1) is 11.6. The highest BCUT2D eigenvalue weighted by atomic mass is 127. The van der Waals surface area contributed by atoms with Gasteiger partial charge in [-0.2, -0.15) is 0 Å². The van der Waals surface area contributed by atoms with Crippen molar-refractivity contribution in [2.75, 3.05) is 0 Å². The van der Waals surface area contributed by atoms with E-state index >= 15 is 0 Å². The van der Waals surface area contributed by atoms with Crippen LogP contribution in [0.5, 0.6) is 0 Å². The minimum absolute atomic E-state index is 0.113. The molecule has 82 valence electrons. The first-order chi connectivity index (χ1) is 7.88. The molecule has 0 aliphatic carbocycles. The fourth-order valence-electron chi connectivity index (χ4n) is 1.32. The van der Waals surface area contributed by atoms with Crippen LogP contribution in [-0.4, -0.2) is 0 Å². The van der Waals surface area contributed by atoms with Crippen molar-refractivity contribution in [1.29, 1.82) is 0 Å². The van der Waals surface area contributed by atoms with E-state index in [1.807, 2.05) is 18.2 Å². The molecule has 0 bridgehead atoms. The van der Waals surface area contributed by atoms with Gasteiger partial charge < -0.3 is 10.1 Å². The second-order valence-electron chi connectivity index (χ2n) is 3.28. The van der Waals surface area contributed by atoms with E-state index in [0.29, 0.717) is 0 Å². The van der Waals surface area contributed by atoms with Gasteiger partial charge in [-0.1, -0.05) is 30.3 Å². The zero-order chi connectivity index (χ0) is 11.2. The van der Waals surface area contributed by atoms with Crippen LogP contribution in [0.3, 0.4) is 0 Å². The van der Waals surface area contributed by atoms with Crippen molar-refractivity contribution in [3.05, 3.63) is 67.3 Å². The molecule has 0 N–H and O–H groups in total. The summed E-state index contributed by atoms with van der Waals surface area (Å²) < 4.78 is 2.74. The second-order valence-corrected chi connectivity index (χ2v) is 6.31. The van der Waals surface area contributed by atoms with E-state index in [1.165, 1.54) is 7.14 Å². The van der Waals surface area contributed by atoms with Crippen LogP contribution in [0, 0.1) is 7.14 Å². The molecule has 0 fully saturated rings. The van der Waals surface area contributed by atoms with Crippen LogP contribution in [0.2, 0.25) is 0 Å². The summed E-state index contributed by atoms with van der Waals surface area (Å²) in [6.45, 7) is 0.143. The predicted octanol–water partition coefficient (Wildman–Crippen LogP) is -1.39. The zero-order valence-corrected chi connectivity index (χ0v) is 10.8. The number of halogens is 1. The van der Waals surface area contributed by atoms with Crippen LogP contribution < -0.4 is 26.5 Å². The van der Waals surface area contributed by atoms with Gasteiger partial charge >= 0.3 is 21.2 Å². The first-order valence-corrected chi connectivity index (χ1v) is 7.08. The van der Waals surface area contributed by atoms with Crippen molar-refractivity contribution < 1.29 is 31.3 Å². The monoisotopic (exact) mass is 326 g/mol. The van der Waals surface area contributed by atoms with Gasteiger partial charge in [0.25, 0.3) is 0 Å². The van der Waals surface area contributed by atoms with Gasteiger partial charge in [-0.15, -0.1) is 0 Å². The molecule has 2 aromatic carbocycles. The Hall–Kier alpha value is -0.910. The maximum Gasteiger partial charge on any atom is 0.357 e. The summed E-state index contributed by atoms with van der Waals surface area (Å²) in [6.07, 6.45) is 0. The van der Waals surface area contributed by atoms with Crippen molar-refractivity contribution in [2.45, 2.75) is 6.61 Å². The fourth-order valence-corrected chi connectivity index (χ4v) is 3.53. The summed E-state index contributed by atoms with van der Waals surface area (Å²) in [6, 6.07) is 18.5. The Morgan fingerprint density at radius 1 is 0.875 bits per heavy atom. The minimum atomic E-state index is -0.113. The van der Waals surface area contributed by atoms with Crippen molar-refractivity contribution in [3.8, 4) is 0 Å². The van der Waals surface area contributed by atoms with Crippen LogP contribution in [0.1, 0.15) is 5.56 Å². The molecular weight excluding hydrogens is 315 g/mol. The summed E-state index contributed by atoms with van der Waals surface area (Å²) in [5.74, 6) is 0. The lowest BCUT2D eigenvalue weighted by Crippen LogP contribution is -3.61. The van der Waals surface area contributed by atoms with Gasteiger partial charge in [0.15, 0.2) is 7.14 Å². The number of rotatable bonds is 4. The third-order valence-corrected chi connectivity index (χ3v) is 4.77. The van der Waals surface area contributed by atoms with E-state index in [0.717, 1.165) is 5.56 Å². The third-order valence-electron chi connectivity index (χ3n) is 2.09. The standard InChI is InChI=1S/C13H11IO2/c15-16-10-11-6-8-13(9-7-11)14-12-4-2-1-3-5-12/h1-9H,10H2. The molecule has 0 unspecified atom stereocenters. The zero-order valence-electron chi connectivity index (χ0n) is 8.60. The smallest absolute Gasteiger partial charge is 0.357 e. The number of benzene rings is 2. The minimum Gasteiger partial charge on any atom is -0.723 e. The lowest BCUT2D eigenvalue weighted by atomic mass is 10.2. The molecule has 0 saturated carbocycles. The first-order valence-electron chi connectivity index (χ1n) is 4.92. The molecule has 0 aromatic heterocycles. The van der Waals surface area contributed by atoms with Gasteiger partial charge in [0, 0.05) is 0 Å². The Balaban J connectivity index is 2.05. The van der Waals surface area contributed by atoms with Gasteiger partial charge in [-0.05, 0) is 29.8 Å². The van der Waals surface area contributed by atoms with E-state index in [9.17, 15) is 5.26 Å². The summed E-state index contributed by atoms with van der Waals surface area (Å²) in [5.41, 5.74) is 0.927. The SMILES string of the molecule is [O-]OCc1ccc([I+]c2ccccc2)cc1. The Labute approximate surface area is 105 Å². The van der Waals surface area contributed by atoms with Crippen LogP contribution in [0.25, 0.3) is 0 Å². The predicted molar refractivity (Wildman–Crippen MR) is 55.1 cm³/mol. The molecule has 0 aliphatic heterocycles. The molecule has 0 aliphatic rings. The maximum atomic E-state index is 9.98. The van der Waals surface area contributed by atoms with E-state index < -0.39 is 0 Å². The number of hydrogen-bond donors (Lipinski definition) is 0. The van der Waals surface area contributed by atoms with Gasteiger partial charge in [-0.3, -0.25) is 0 Å². The molecule has 2 nitrogen and oxygen atoms in total. The Kier molecular flexibility index (Phi) is 4.33. The number of hydrogen-bond acceptors (Lipinski definition) is 2. The molecule has 0 spiro atoms. The average Bonchev–Trinajstić information content (AvgIpc) is 2.33. The van der Waals surface area contributed by atoms with Gasteiger partial charge in [0.05, 0.1) is 6.61 Å². The maximum absolute atomic E-state index is 9.98. The van der Waals surface area contributed by atoms with Gasteiger partial charge in [0.1, 0.15) is 0 Å². The van der Waals surface area contributed by atoms with Crippen molar-refractivity contribution in [1.82, 2.24) is 0 Å². The molecule has 3 heteroatoms. The highest BCUT2D eigenvalue weighted by Crippen LogP contribution is 1.98. The van der Waals surface area contributed by atoms with Crippen LogP contribution in [-0.2, 0) is 11.5 Å². The molecule has 2 aromatic rings. The van der Waals surface area contributed by atoms with Crippen molar-refractivity contribution in [3.63, 3.8) is 0 Å². The van der Waals surface area contributed by atoms with Gasteiger partial charge in [-0.25, -0.2) is 0 Å². The molecule has 0 atom stereocenters. The quantitative estimate of drug-likeness (QED) is 0.394. The average molecular weight is 326 g/mol. The van der Waals surface area contributed by atoms with Crippen LogP contribution in [0.4, 0.5) is 0 Å². The molecule has 0 radical (unpaired) electrons. The Bertz CT molecular complexity index is 425. The molecule has 0 heterocycles. The lowest BCUT2D eigenvalue weighted by Gasteiger charge is -2.04. The normalized spacial score (nSPS) is 10.3. The second kappa shape index (κ2) is 5.98. The van der Waals surface area contributed by atoms with Crippen LogP contribution in [0.15, 0.2) is 54.6 Å². The van der Waals surface area contributed by atoms with E-state index in [-0.39, 0.29) is 27.8 Å². The fraction of sp³-hybridized carbons (Fsp3) is 0.0769. The Morgan fingerprint density at radius 2 is 1.50 bits per heavy atom. The summed E-state index contributed by atoms with van der Waals surface area (Å²) >= 11 is -0.113. The Morgan fingerprint density at radius 3 is 2.12 bits per heavy atom. The highest BCUT2D eigenvalue weighted by molar-refractivity contribution is 5.13. The largest absolute Gasteiger partial charge is 0.723 e. The van der Waals surface area contributed by atoms with Crippen molar-refractivity contribution in [2.24, 2.45) is 0 Å². The van der Waals surface area contributed by atoms with Crippen molar-refractivity contribution >= 4 is 0 Å². The molecule has 16 heavy (non-hydrogen) atoms. The lowest BCUT2D eigenvalue weighted by molar-refractivity contribution is -0.695. The van der Waals surface area contributed by atoms with E-state index in [4.69, 9.17) is 0 Å². The summed E-state index contributed by atoms with van der Waals surface area (Å²) in [7, 11) is 0. The molecule has 2 rings (SSSR count). The molecular formula is C13H11IO2. The summed E-state index contributed by atoms with van der Waals surface area (Å²) in [5, 5.41) is 9.98. The highest BCUT2D eigenvalue weighted by Gasteiger charge is 2.13. The molecule has 0 saturated heterocycles. The topological polar surface area (TPSA) is 32.3 Å². The molecule has 0 amide bonds.